The van der Waals surface area contributed by atoms with E-state index in [0.29, 0.717) is 13.1 Å². The van der Waals surface area contributed by atoms with Gasteiger partial charge in [0.05, 0.1) is 10.6 Å². The lowest BCUT2D eigenvalue weighted by atomic mass is 10.0. The zero-order valence-corrected chi connectivity index (χ0v) is 14.0. The fourth-order valence-corrected chi connectivity index (χ4v) is 3.20. The number of hydrogen-bond acceptors (Lipinski definition) is 5. The molecule has 1 atom stereocenters. The third-order valence-electron chi connectivity index (χ3n) is 3.55. The molecule has 0 aliphatic carbocycles. The zero-order chi connectivity index (χ0) is 15.8. The van der Waals surface area contributed by atoms with Crippen molar-refractivity contribution in [2.75, 3.05) is 32.0 Å². The standard InChI is InChI=1S/C16H24N4OS/c1-3-6-12(11-17-2)16(21)19-10-9-18-15-13-7-4-5-8-14(13)22-20-15/h4-5,7-8,12,17H,3,6,9-11H2,1-2H3,(H,18,20)(H,19,21). The maximum Gasteiger partial charge on any atom is 0.224 e. The lowest BCUT2D eigenvalue weighted by molar-refractivity contribution is -0.125. The first-order valence-electron chi connectivity index (χ1n) is 7.76. The molecule has 1 amide bonds. The quantitative estimate of drug-likeness (QED) is 0.621. The highest BCUT2D eigenvalue weighted by Crippen LogP contribution is 2.25. The predicted octanol–water partition coefficient (Wildman–Crippen LogP) is 2.46. The summed E-state index contributed by atoms with van der Waals surface area (Å²) in [5.74, 6) is 1.08. The monoisotopic (exact) mass is 320 g/mol. The smallest absolute Gasteiger partial charge is 0.224 e. The van der Waals surface area contributed by atoms with Crippen LogP contribution < -0.4 is 16.0 Å². The molecule has 22 heavy (non-hydrogen) atoms. The summed E-state index contributed by atoms with van der Waals surface area (Å²) in [6.07, 6.45) is 1.93. The van der Waals surface area contributed by atoms with Gasteiger partial charge in [0.2, 0.25) is 5.91 Å². The fourth-order valence-electron chi connectivity index (χ4n) is 2.45. The Bertz CT molecular complexity index is 593. The highest BCUT2D eigenvalue weighted by atomic mass is 32.1. The fraction of sp³-hybridized carbons (Fsp3) is 0.500. The summed E-state index contributed by atoms with van der Waals surface area (Å²) < 4.78 is 5.59. The maximum absolute atomic E-state index is 12.1. The van der Waals surface area contributed by atoms with Crippen LogP contribution in [0.25, 0.3) is 10.1 Å². The van der Waals surface area contributed by atoms with Gasteiger partial charge < -0.3 is 16.0 Å². The van der Waals surface area contributed by atoms with Crippen LogP contribution in [0.2, 0.25) is 0 Å². The molecule has 1 heterocycles. The van der Waals surface area contributed by atoms with Crippen LogP contribution in [-0.2, 0) is 4.79 Å². The van der Waals surface area contributed by atoms with Gasteiger partial charge in [-0.25, -0.2) is 0 Å². The molecule has 0 saturated heterocycles. The van der Waals surface area contributed by atoms with Crippen LogP contribution in [-0.4, -0.2) is 37.0 Å². The molecular weight excluding hydrogens is 296 g/mol. The topological polar surface area (TPSA) is 66.1 Å². The van der Waals surface area contributed by atoms with E-state index in [0.717, 1.165) is 30.6 Å². The first kappa shape index (κ1) is 16.7. The Hall–Kier alpha value is -1.66. The Kier molecular flexibility index (Phi) is 6.61. The molecule has 0 spiro atoms. The van der Waals surface area contributed by atoms with Crippen LogP contribution in [0.5, 0.6) is 0 Å². The summed E-state index contributed by atoms with van der Waals surface area (Å²) in [4.78, 5) is 12.1. The Morgan fingerprint density at radius 1 is 1.32 bits per heavy atom. The van der Waals surface area contributed by atoms with Gasteiger partial charge in [-0.15, -0.1) is 0 Å². The number of carbonyl (C=O) groups is 1. The number of rotatable bonds is 9. The van der Waals surface area contributed by atoms with Crippen molar-refractivity contribution < 1.29 is 4.79 Å². The summed E-state index contributed by atoms with van der Waals surface area (Å²) in [5.41, 5.74) is 0. The summed E-state index contributed by atoms with van der Waals surface area (Å²) >= 11 is 1.49. The minimum Gasteiger partial charge on any atom is -0.367 e. The lowest BCUT2D eigenvalue weighted by Crippen LogP contribution is -2.38. The number of hydrogen-bond donors (Lipinski definition) is 3. The molecule has 120 valence electrons. The summed E-state index contributed by atoms with van der Waals surface area (Å²) in [6, 6.07) is 8.15. The summed E-state index contributed by atoms with van der Waals surface area (Å²) in [7, 11) is 1.88. The molecule has 2 aromatic rings. The minimum absolute atomic E-state index is 0.0510. The second kappa shape index (κ2) is 8.70. The SMILES string of the molecule is CCCC(CNC)C(=O)NCCNc1nsc2ccccc12. The Morgan fingerprint density at radius 3 is 2.91 bits per heavy atom. The molecule has 2 rings (SSSR count). The third-order valence-corrected chi connectivity index (χ3v) is 4.38. The van der Waals surface area contributed by atoms with E-state index in [2.05, 4.69) is 39.4 Å². The zero-order valence-electron chi connectivity index (χ0n) is 13.2. The molecule has 0 aliphatic rings. The van der Waals surface area contributed by atoms with Gasteiger partial charge in [0, 0.05) is 25.0 Å². The second-order valence-electron chi connectivity index (χ2n) is 5.29. The number of aromatic nitrogens is 1. The number of carbonyl (C=O) groups excluding carboxylic acids is 1. The van der Waals surface area contributed by atoms with Crippen molar-refractivity contribution in [1.82, 2.24) is 15.0 Å². The molecule has 0 radical (unpaired) electrons. The number of amides is 1. The van der Waals surface area contributed by atoms with E-state index in [-0.39, 0.29) is 11.8 Å². The molecule has 0 saturated carbocycles. The maximum atomic E-state index is 12.1. The lowest BCUT2D eigenvalue weighted by Gasteiger charge is -2.15. The third kappa shape index (κ3) is 4.42. The highest BCUT2D eigenvalue weighted by molar-refractivity contribution is 7.13. The van der Waals surface area contributed by atoms with E-state index in [1.54, 1.807) is 0 Å². The van der Waals surface area contributed by atoms with Crippen LogP contribution in [0, 0.1) is 5.92 Å². The first-order chi connectivity index (χ1) is 10.8. The van der Waals surface area contributed by atoms with E-state index in [1.807, 2.05) is 19.2 Å². The normalized spacial score (nSPS) is 12.3. The number of fused-ring (bicyclic) bond motifs is 1. The van der Waals surface area contributed by atoms with Crippen LogP contribution >= 0.6 is 11.5 Å². The minimum atomic E-state index is 0.0510. The van der Waals surface area contributed by atoms with E-state index in [9.17, 15) is 4.79 Å². The van der Waals surface area contributed by atoms with Crippen molar-refractivity contribution in [3.8, 4) is 0 Å². The Labute approximate surface area is 135 Å². The highest BCUT2D eigenvalue weighted by Gasteiger charge is 2.15. The first-order valence-corrected chi connectivity index (χ1v) is 8.54. The molecule has 1 unspecified atom stereocenters. The molecule has 1 aromatic heterocycles. The molecule has 3 N–H and O–H groups in total. The van der Waals surface area contributed by atoms with Crippen molar-refractivity contribution in [1.29, 1.82) is 0 Å². The summed E-state index contributed by atoms with van der Waals surface area (Å²) in [5, 5.41) is 10.5. The largest absolute Gasteiger partial charge is 0.367 e. The average Bonchev–Trinajstić information content (AvgIpc) is 2.94. The van der Waals surface area contributed by atoms with Crippen molar-refractivity contribution in [3.63, 3.8) is 0 Å². The van der Waals surface area contributed by atoms with Gasteiger partial charge in [-0.3, -0.25) is 4.79 Å². The predicted molar refractivity (Wildman–Crippen MR) is 93.4 cm³/mol. The van der Waals surface area contributed by atoms with Crippen molar-refractivity contribution in [3.05, 3.63) is 24.3 Å². The molecule has 0 bridgehead atoms. The molecule has 5 nitrogen and oxygen atoms in total. The van der Waals surface area contributed by atoms with Gasteiger partial charge in [-0.2, -0.15) is 4.37 Å². The number of nitrogens with zero attached hydrogens (tertiary/aromatic N) is 1. The average molecular weight is 320 g/mol. The van der Waals surface area contributed by atoms with Crippen molar-refractivity contribution >= 4 is 33.3 Å². The van der Waals surface area contributed by atoms with E-state index in [4.69, 9.17) is 0 Å². The van der Waals surface area contributed by atoms with Gasteiger partial charge in [0.1, 0.15) is 5.82 Å². The second-order valence-corrected chi connectivity index (χ2v) is 6.09. The van der Waals surface area contributed by atoms with Crippen LogP contribution in [0.15, 0.2) is 24.3 Å². The van der Waals surface area contributed by atoms with Crippen molar-refractivity contribution in [2.45, 2.75) is 19.8 Å². The molecule has 0 fully saturated rings. The molecule has 1 aromatic carbocycles. The number of nitrogens with one attached hydrogen (secondary N) is 3. The Balaban J connectivity index is 1.78. The van der Waals surface area contributed by atoms with Gasteiger partial charge >= 0.3 is 0 Å². The van der Waals surface area contributed by atoms with Gasteiger partial charge in [-0.1, -0.05) is 25.5 Å². The van der Waals surface area contributed by atoms with E-state index in [1.165, 1.54) is 16.2 Å². The van der Waals surface area contributed by atoms with Crippen molar-refractivity contribution in [2.24, 2.45) is 5.92 Å². The number of benzene rings is 1. The number of anilines is 1. The van der Waals surface area contributed by atoms with Crippen LogP contribution in [0.3, 0.4) is 0 Å². The van der Waals surface area contributed by atoms with Gasteiger partial charge in [-0.05, 0) is 37.1 Å². The molecule has 6 heteroatoms. The van der Waals surface area contributed by atoms with Gasteiger partial charge in [0.25, 0.3) is 0 Å². The summed E-state index contributed by atoms with van der Waals surface area (Å²) in [6.45, 7) is 4.11. The Morgan fingerprint density at radius 2 is 2.14 bits per heavy atom. The van der Waals surface area contributed by atoms with E-state index < -0.39 is 0 Å². The van der Waals surface area contributed by atoms with Crippen LogP contribution in [0.1, 0.15) is 19.8 Å². The molecule has 0 aliphatic heterocycles. The molecular formula is C16H24N4OS. The van der Waals surface area contributed by atoms with Crippen LogP contribution in [0.4, 0.5) is 5.82 Å². The van der Waals surface area contributed by atoms with E-state index >= 15 is 0 Å². The van der Waals surface area contributed by atoms with Gasteiger partial charge in [0.15, 0.2) is 0 Å².